The summed E-state index contributed by atoms with van der Waals surface area (Å²) in [4.78, 5) is 5.22. The van der Waals surface area contributed by atoms with Crippen molar-refractivity contribution in [3.63, 3.8) is 0 Å². The molecule has 1 atom stereocenters. The Kier molecular flexibility index (Phi) is 6.33. The molecule has 7 aromatic carbocycles. The third kappa shape index (κ3) is 4.52. The van der Waals surface area contributed by atoms with Crippen LogP contribution in [0.2, 0.25) is 0 Å². The van der Waals surface area contributed by atoms with Gasteiger partial charge in [0.15, 0.2) is 0 Å². The highest BCUT2D eigenvalue weighted by Crippen LogP contribution is 2.53. The monoisotopic (exact) mass is 681 g/mol. The zero-order valence-corrected chi connectivity index (χ0v) is 29.5. The summed E-state index contributed by atoms with van der Waals surface area (Å²) in [6.07, 6.45) is 2.25. The number of aliphatic imine (C=N–C) groups is 1. The quantitative estimate of drug-likeness (QED) is 0.201. The number of nitrogens with zero attached hydrogens (tertiary/aromatic N) is 2. The van der Waals surface area contributed by atoms with E-state index in [0.29, 0.717) is 0 Å². The second kappa shape index (κ2) is 11.2. The molecule has 9 aromatic rings. The van der Waals surface area contributed by atoms with Gasteiger partial charge < -0.3 is 14.3 Å². The molecule has 0 spiro atoms. The fraction of sp³-hybridized carbons (Fsp3) is 0.0816. The van der Waals surface area contributed by atoms with E-state index in [0.717, 1.165) is 44.9 Å². The van der Waals surface area contributed by atoms with Gasteiger partial charge in [0.05, 0.1) is 22.8 Å². The average molecular weight is 682 g/mol. The predicted molar refractivity (Wildman–Crippen MR) is 219 cm³/mol. The molecule has 0 saturated carbocycles. The van der Waals surface area contributed by atoms with Crippen molar-refractivity contribution >= 4 is 55.3 Å². The molecule has 1 aliphatic carbocycles. The fourth-order valence-electron chi connectivity index (χ4n) is 8.78. The van der Waals surface area contributed by atoms with Crippen LogP contribution in [-0.2, 0) is 5.41 Å². The first-order valence-corrected chi connectivity index (χ1v) is 18.3. The maximum Gasteiger partial charge on any atom is 0.135 e. The summed E-state index contributed by atoms with van der Waals surface area (Å²) in [5, 5.41) is 8.52. The van der Waals surface area contributed by atoms with E-state index in [1.807, 2.05) is 12.1 Å². The lowest BCUT2D eigenvalue weighted by Gasteiger charge is -2.24. The Morgan fingerprint density at radius 1 is 0.566 bits per heavy atom. The van der Waals surface area contributed by atoms with Crippen LogP contribution in [-0.4, -0.2) is 10.4 Å². The Labute approximate surface area is 307 Å². The number of nitrogens with one attached hydrogen (secondary N) is 1. The van der Waals surface area contributed by atoms with Gasteiger partial charge in [0.2, 0.25) is 0 Å². The lowest BCUT2D eigenvalue weighted by Crippen LogP contribution is -2.31. The number of rotatable bonds is 4. The van der Waals surface area contributed by atoms with E-state index in [2.05, 4.69) is 175 Å². The molecule has 2 aromatic heterocycles. The van der Waals surface area contributed by atoms with Crippen molar-refractivity contribution < 1.29 is 4.42 Å². The van der Waals surface area contributed by atoms with Crippen molar-refractivity contribution in [3.05, 3.63) is 192 Å². The molecule has 252 valence electrons. The molecule has 53 heavy (non-hydrogen) atoms. The smallest absolute Gasteiger partial charge is 0.135 e. The van der Waals surface area contributed by atoms with Gasteiger partial charge in [0.1, 0.15) is 17.0 Å². The van der Waals surface area contributed by atoms with Gasteiger partial charge in [-0.15, -0.1) is 0 Å². The maximum atomic E-state index is 6.37. The number of benzene rings is 7. The molecule has 0 bridgehead atoms. The standard InChI is InChI=1S/C49H35N3O/c1-49(2)40-27-45-38(25-36(40)37-26-39-35-21-10-12-23-46(35)53-47(39)28-41(37)49)34-20-9-11-22-44(34)52(45)33-19-13-18-32(24-33)43-29-42(30-14-5-3-6-15-30)50-48(51-43)31-16-7-4-8-17-31/h3-29,42H,1-2H3,(H,50,51). The molecule has 1 N–H and O–H groups in total. The van der Waals surface area contributed by atoms with Crippen molar-refractivity contribution in [2.45, 2.75) is 25.3 Å². The third-order valence-electron chi connectivity index (χ3n) is 11.4. The van der Waals surface area contributed by atoms with E-state index in [4.69, 9.17) is 9.41 Å². The minimum Gasteiger partial charge on any atom is -0.456 e. The lowest BCUT2D eigenvalue weighted by molar-refractivity contribution is 0.647. The van der Waals surface area contributed by atoms with Gasteiger partial charge in [0.25, 0.3) is 0 Å². The van der Waals surface area contributed by atoms with Crippen LogP contribution in [0.25, 0.3) is 66.3 Å². The fourth-order valence-corrected chi connectivity index (χ4v) is 8.78. The summed E-state index contributed by atoms with van der Waals surface area (Å²) in [5.74, 6) is 0.872. The molecular formula is C49H35N3O. The van der Waals surface area contributed by atoms with Crippen molar-refractivity contribution in [2.75, 3.05) is 0 Å². The number of furan rings is 1. The zero-order valence-electron chi connectivity index (χ0n) is 29.5. The van der Waals surface area contributed by atoms with Gasteiger partial charge in [0, 0.05) is 43.8 Å². The Morgan fingerprint density at radius 3 is 2.08 bits per heavy atom. The minimum absolute atomic E-state index is 0.0116. The van der Waals surface area contributed by atoms with Gasteiger partial charge >= 0.3 is 0 Å². The van der Waals surface area contributed by atoms with E-state index >= 15 is 0 Å². The number of amidine groups is 1. The zero-order chi connectivity index (χ0) is 35.3. The summed E-state index contributed by atoms with van der Waals surface area (Å²) >= 11 is 0. The number of fused-ring (bicyclic) bond motifs is 9. The van der Waals surface area contributed by atoms with Crippen LogP contribution >= 0.6 is 0 Å². The van der Waals surface area contributed by atoms with Crippen LogP contribution in [0.5, 0.6) is 0 Å². The van der Waals surface area contributed by atoms with E-state index in [-0.39, 0.29) is 11.5 Å². The van der Waals surface area contributed by atoms with Crippen LogP contribution in [0.4, 0.5) is 0 Å². The van der Waals surface area contributed by atoms with Gasteiger partial charge in [-0.05, 0) is 82.4 Å². The summed E-state index contributed by atoms with van der Waals surface area (Å²) in [7, 11) is 0. The summed E-state index contributed by atoms with van der Waals surface area (Å²) < 4.78 is 8.81. The topological polar surface area (TPSA) is 42.5 Å². The van der Waals surface area contributed by atoms with E-state index in [9.17, 15) is 0 Å². The molecule has 11 rings (SSSR count). The molecule has 0 saturated heterocycles. The first-order valence-electron chi connectivity index (χ1n) is 18.3. The Bertz CT molecular complexity index is 3000. The first kappa shape index (κ1) is 30.0. The van der Waals surface area contributed by atoms with Crippen LogP contribution in [0.3, 0.4) is 0 Å². The highest BCUT2D eigenvalue weighted by molar-refractivity contribution is 6.13. The van der Waals surface area contributed by atoms with Gasteiger partial charge in [-0.2, -0.15) is 0 Å². The molecule has 1 unspecified atom stereocenters. The second-order valence-electron chi connectivity index (χ2n) is 14.8. The predicted octanol–water partition coefficient (Wildman–Crippen LogP) is 12.1. The molecule has 0 amide bonds. The maximum absolute atomic E-state index is 6.37. The van der Waals surface area contributed by atoms with Crippen LogP contribution in [0, 0.1) is 0 Å². The van der Waals surface area contributed by atoms with Crippen LogP contribution in [0.15, 0.2) is 173 Å². The summed E-state index contributed by atoms with van der Waals surface area (Å²) in [6, 6.07) is 56.5. The van der Waals surface area contributed by atoms with Crippen molar-refractivity contribution in [1.82, 2.24) is 9.88 Å². The SMILES string of the molecule is CC1(C)c2cc3oc4ccccc4c3cc2-c2cc3c4ccccc4n(-c4cccc(C5=CC(c6ccccc6)NC(c6ccccc6)=N5)c4)c3cc21. The van der Waals surface area contributed by atoms with Crippen LogP contribution < -0.4 is 5.32 Å². The second-order valence-corrected chi connectivity index (χ2v) is 14.8. The van der Waals surface area contributed by atoms with Crippen molar-refractivity contribution in [3.8, 4) is 16.8 Å². The molecule has 2 aliphatic rings. The number of hydrogen-bond donors (Lipinski definition) is 1. The molecule has 4 heteroatoms. The Morgan fingerprint density at radius 2 is 1.25 bits per heavy atom. The van der Waals surface area contributed by atoms with Crippen LogP contribution in [0.1, 0.15) is 47.7 Å². The van der Waals surface area contributed by atoms with Crippen molar-refractivity contribution in [2.24, 2.45) is 4.99 Å². The average Bonchev–Trinajstić information content (AvgIpc) is 3.82. The number of hydrogen-bond acceptors (Lipinski definition) is 3. The summed E-state index contributed by atoms with van der Waals surface area (Å²) in [6.45, 7) is 4.70. The normalized spacial score (nSPS) is 16.1. The molecule has 3 heterocycles. The molecule has 0 fully saturated rings. The lowest BCUT2D eigenvalue weighted by atomic mass is 9.82. The number of para-hydroxylation sites is 2. The highest BCUT2D eigenvalue weighted by Gasteiger charge is 2.37. The Balaban J connectivity index is 1.10. The highest BCUT2D eigenvalue weighted by atomic mass is 16.3. The van der Waals surface area contributed by atoms with E-state index in [1.165, 1.54) is 55.0 Å². The van der Waals surface area contributed by atoms with E-state index < -0.39 is 0 Å². The number of aromatic nitrogens is 1. The minimum atomic E-state index is -0.204. The van der Waals surface area contributed by atoms with Gasteiger partial charge in [-0.1, -0.05) is 123 Å². The Hall–Kier alpha value is -6.65. The largest absolute Gasteiger partial charge is 0.456 e. The third-order valence-corrected chi connectivity index (χ3v) is 11.4. The summed E-state index contributed by atoms with van der Waals surface area (Å²) in [5.41, 5.74) is 14.7. The molecule has 1 aliphatic heterocycles. The molecular weight excluding hydrogens is 647 g/mol. The molecule has 4 nitrogen and oxygen atoms in total. The first-order chi connectivity index (χ1) is 26.0. The molecule has 0 radical (unpaired) electrons. The van der Waals surface area contributed by atoms with Gasteiger partial charge in [-0.25, -0.2) is 4.99 Å². The van der Waals surface area contributed by atoms with Crippen molar-refractivity contribution in [1.29, 1.82) is 0 Å². The van der Waals surface area contributed by atoms with Gasteiger partial charge in [-0.3, -0.25) is 0 Å². The van der Waals surface area contributed by atoms with E-state index in [1.54, 1.807) is 0 Å².